The number of rotatable bonds is 4. The second-order valence-electron chi connectivity index (χ2n) is 3.46. The van der Waals surface area contributed by atoms with E-state index in [2.05, 4.69) is 5.10 Å². The molecule has 0 bridgehead atoms. The zero-order valence-electron chi connectivity index (χ0n) is 8.88. The summed E-state index contributed by atoms with van der Waals surface area (Å²) in [6.07, 6.45) is 1.82. The van der Waals surface area contributed by atoms with Gasteiger partial charge in [0.1, 0.15) is 0 Å². The predicted molar refractivity (Wildman–Crippen MR) is 58.6 cm³/mol. The summed E-state index contributed by atoms with van der Waals surface area (Å²) in [5.41, 5.74) is 1.07. The van der Waals surface area contributed by atoms with Crippen molar-refractivity contribution in [3.63, 3.8) is 0 Å². The number of ether oxygens (including phenoxy) is 1. The van der Waals surface area contributed by atoms with Crippen LogP contribution in [0.5, 0.6) is 0 Å². The zero-order chi connectivity index (χ0) is 11.5. The van der Waals surface area contributed by atoms with Gasteiger partial charge in [0, 0.05) is 18.7 Å². The molecule has 0 radical (unpaired) electrons. The van der Waals surface area contributed by atoms with E-state index in [-0.39, 0.29) is 5.56 Å². The SMILES string of the molecule is COCCn1cc2cc(C(=O)O)ccc2n1. The number of fused-ring (bicyclic) bond motifs is 1. The highest BCUT2D eigenvalue weighted by Gasteiger charge is 2.06. The lowest BCUT2D eigenvalue weighted by atomic mass is 10.2. The quantitative estimate of drug-likeness (QED) is 0.845. The summed E-state index contributed by atoms with van der Waals surface area (Å²) in [6, 6.07) is 4.88. The summed E-state index contributed by atoms with van der Waals surface area (Å²) >= 11 is 0. The Bertz CT molecular complexity index is 519. The molecule has 1 N–H and O–H groups in total. The molecular weight excluding hydrogens is 208 g/mol. The summed E-state index contributed by atoms with van der Waals surface area (Å²) in [5.74, 6) is -0.924. The van der Waals surface area contributed by atoms with E-state index in [0.717, 1.165) is 10.9 Å². The standard InChI is InChI=1S/C11H12N2O3/c1-16-5-4-13-7-9-6-8(11(14)15)2-3-10(9)12-13/h2-3,6-7H,4-5H2,1H3,(H,14,15). The van der Waals surface area contributed by atoms with Gasteiger partial charge in [-0.2, -0.15) is 5.10 Å². The molecule has 2 rings (SSSR count). The van der Waals surface area contributed by atoms with E-state index in [4.69, 9.17) is 9.84 Å². The Morgan fingerprint density at radius 1 is 1.56 bits per heavy atom. The highest BCUT2D eigenvalue weighted by Crippen LogP contribution is 2.14. The number of carboxylic acids is 1. The Hall–Kier alpha value is -1.88. The van der Waals surface area contributed by atoms with Crippen LogP contribution in [0, 0.1) is 0 Å². The van der Waals surface area contributed by atoms with Gasteiger partial charge in [0.05, 0.1) is 24.2 Å². The molecule has 1 aromatic heterocycles. The van der Waals surface area contributed by atoms with Crippen molar-refractivity contribution in [2.75, 3.05) is 13.7 Å². The molecule has 0 aliphatic rings. The molecule has 0 amide bonds. The van der Waals surface area contributed by atoms with Crippen molar-refractivity contribution in [1.29, 1.82) is 0 Å². The molecule has 0 aliphatic carbocycles. The number of carboxylic acid groups (broad SMARTS) is 1. The van der Waals surface area contributed by atoms with Crippen LogP contribution >= 0.6 is 0 Å². The molecule has 0 saturated carbocycles. The van der Waals surface area contributed by atoms with Gasteiger partial charge in [-0.05, 0) is 18.2 Å². The molecule has 5 heteroatoms. The fourth-order valence-electron chi connectivity index (χ4n) is 1.51. The van der Waals surface area contributed by atoms with E-state index in [9.17, 15) is 4.79 Å². The van der Waals surface area contributed by atoms with Crippen LogP contribution in [0.25, 0.3) is 10.9 Å². The second kappa shape index (κ2) is 4.32. The minimum absolute atomic E-state index is 0.277. The largest absolute Gasteiger partial charge is 0.478 e. The highest BCUT2D eigenvalue weighted by atomic mass is 16.5. The molecule has 0 unspecified atom stereocenters. The fraction of sp³-hybridized carbons (Fsp3) is 0.273. The van der Waals surface area contributed by atoms with Gasteiger partial charge in [0.15, 0.2) is 0 Å². The second-order valence-corrected chi connectivity index (χ2v) is 3.46. The highest BCUT2D eigenvalue weighted by molar-refractivity contribution is 5.93. The van der Waals surface area contributed by atoms with Gasteiger partial charge < -0.3 is 9.84 Å². The van der Waals surface area contributed by atoms with Crippen molar-refractivity contribution in [2.45, 2.75) is 6.54 Å². The molecule has 1 heterocycles. The van der Waals surface area contributed by atoms with Gasteiger partial charge in [-0.15, -0.1) is 0 Å². The van der Waals surface area contributed by atoms with Crippen LogP contribution in [0.4, 0.5) is 0 Å². The number of methoxy groups -OCH3 is 1. The molecular formula is C11H12N2O3. The summed E-state index contributed by atoms with van der Waals surface area (Å²) in [4.78, 5) is 10.8. The minimum Gasteiger partial charge on any atom is -0.478 e. The van der Waals surface area contributed by atoms with Crippen LogP contribution in [-0.2, 0) is 11.3 Å². The first-order valence-corrected chi connectivity index (χ1v) is 4.90. The van der Waals surface area contributed by atoms with E-state index in [0.29, 0.717) is 13.2 Å². The van der Waals surface area contributed by atoms with Gasteiger partial charge in [0.25, 0.3) is 0 Å². The Kier molecular flexibility index (Phi) is 2.87. The van der Waals surface area contributed by atoms with E-state index >= 15 is 0 Å². The third-order valence-corrected chi connectivity index (χ3v) is 2.32. The first-order valence-electron chi connectivity index (χ1n) is 4.90. The molecule has 84 valence electrons. The van der Waals surface area contributed by atoms with Crippen LogP contribution in [0.3, 0.4) is 0 Å². The number of aromatic nitrogens is 2. The first-order chi connectivity index (χ1) is 7.70. The van der Waals surface area contributed by atoms with Gasteiger partial charge in [-0.3, -0.25) is 4.68 Å². The van der Waals surface area contributed by atoms with Crippen molar-refractivity contribution < 1.29 is 14.6 Å². The van der Waals surface area contributed by atoms with Gasteiger partial charge in [0.2, 0.25) is 0 Å². The Balaban J connectivity index is 2.34. The van der Waals surface area contributed by atoms with Crippen molar-refractivity contribution in [3.05, 3.63) is 30.0 Å². The van der Waals surface area contributed by atoms with E-state index in [1.807, 2.05) is 6.20 Å². The minimum atomic E-state index is -0.924. The maximum absolute atomic E-state index is 10.8. The van der Waals surface area contributed by atoms with Crippen LogP contribution in [0.1, 0.15) is 10.4 Å². The van der Waals surface area contributed by atoms with Crippen LogP contribution in [0.15, 0.2) is 24.4 Å². The van der Waals surface area contributed by atoms with E-state index in [1.165, 1.54) is 0 Å². The number of carbonyl (C=O) groups is 1. The lowest BCUT2D eigenvalue weighted by Crippen LogP contribution is -2.03. The number of hydrogen-bond acceptors (Lipinski definition) is 3. The molecule has 16 heavy (non-hydrogen) atoms. The number of hydrogen-bond donors (Lipinski definition) is 1. The predicted octanol–water partition coefficient (Wildman–Crippen LogP) is 1.38. The first kappa shape index (κ1) is 10.6. The lowest BCUT2D eigenvalue weighted by Gasteiger charge is -1.97. The summed E-state index contributed by atoms with van der Waals surface area (Å²) in [7, 11) is 1.63. The van der Waals surface area contributed by atoms with Crippen molar-refractivity contribution in [1.82, 2.24) is 9.78 Å². The summed E-state index contributed by atoms with van der Waals surface area (Å²) in [5, 5.41) is 14.0. The number of aromatic carboxylic acids is 1. The molecule has 0 aliphatic heterocycles. The van der Waals surface area contributed by atoms with Gasteiger partial charge >= 0.3 is 5.97 Å². The molecule has 0 saturated heterocycles. The third-order valence-electron chi connectivity index (χ3n) is 2.32. The Morgan fingerprint density at radius 3 is 3.06 bits per heavy atom. The maximum Gasteiger partial charge on any atom is 0.335 e. The average molecular weight is 220 g/mol. The van der Waals surface area contributed by atoms with Crippen LogP contribution < -0.4 is 0 Å². The zero-order valence-corrected chi connectivity index (χ0v) is 8.88. The van der Waals surface area contributed by atoms with E-state index in [1.54, 1.807) is 30.0 Å². The summed E-state index contributed by atoms with van der Waals surface area (Å²) < 4.78 is 6.70. The lowest BCUT2D eigenvalue weighted by molar-refractivity contribution is 0.0697. The normalized spacial score (nSPS) is 10.8. The van der Waals surface area contributed by atoms with Crippen LogP contribution in [-0.4, -0.2) is 34.6 Å². The van der Waals surface area contributed by atoms with Gasteiger partial charge in [-0.25, -0.2) is 4.79 Å². The van der Waals surface area contributed by atoms with Crippen LogP contribution in [0.2, 0.25) is 0 Å². The Morgan fingerprint density at radius 2 is 2.38 bits per heavy atom. The monoisotopic (exact) mass is 220 g/mol. The number of benzene rings is 1. The molecule has 2 aromatic rings. The molecule has 0 atom stereocenters. The summed E-state index contributed by atoms with van der Waals surface area (Å²) in [6.45, 7) is 1.24. The molecule has 0 fully saturated rings. The maximum atomic E-state index is 10.8. The van der Waals surface area contributed by atoms with Gasteiger partial charge in [-0.1, -0.05) is 0 Å². The molecule has 5 nitrogen and oxygen atoms in total. The van der Waals surface area contributed by atoms with Crippen molar-refractivity contribution in [3.8, 4) is 0 Å². The topological polar surface area (TPSA) is 64.3 Å². The van der Waals surface area contributed by atoms with Crippen molar-refractivity contribution in [2.24, 2.45) is 0 Å². The smallest absolute Gasteiger partial charge is 0.335 e. The third kappa shape index (κ3) is 2.04. The van der Waals surface area contributed by atoms with Crippen molar-refractivity contribution >= 4 is 16.9 Å². The molecule has 0 spiro atoms. The molecule has 1 aromatic carbocycles. The number of nitrogens with zero attached hydrogens (tertiary/aromatic N) is 2. The Labute approximate surface area is 92.2 Å². The van der Waals surface area contributed by atoms with E-state index < -0.39 is 5.97 Å². The average Bonchev–Trinajstić information content (AvgIpc) is 2.67. The fourth-order valence-corrected chi connectivity index (χ4v) is 1.51.